The van der Waals surface area contributed by atoms with Crippen molar-refractivity contribution >= 4 is 11.6 Å². The molecule has 0 spiro atoms. The Morgan fingerprint density at radius 3 is 2.69 bits per heavy atom. The zero-order valence-corrected chi connectivity index (χ0v) is 10.5. The summed E-state index contributed by atoms with van der Waals surface area (Å²) in [5, 5.41) is 8.07. The Kier molecular flexibility index (Phi) is 4.18. The van der Waals surface area contributed by atoms with Gasteiger partial charge in [0.1, 0.15) is 5.69 Å². The van der Waals surface area contributed by atoms with Crippen LogP contribution in [0.3, 0.4) is 0 Å². The maximum Gasteiger partial charge on any atom is 0.100 e. The van der Waals surface area contributed by atoms with Crippen LogP contribution < -0.4 is 0 Å². The van der Waals surface area contributed by atoms with Crippen LogP contribution >= 0.6 is 11.6 Å². The Labute approximate surface area is 102 Å². The Balaban J connectivity index is 1.79. The first-order chi connectivity index (χ1) is 7.75. The molecule has 0 aliphatic carbocycles. The summed E-state index contributed by atoms with van der Waals surface area (Å²) < 4.78 is 1.89. The van der Waals surface area contributed by atoms with E-state index in [0.29, 0.717) is 0 Å². The summed E-state index contributed by atoms with van der Waals surface area (Å²) >= 11 is 5.94. The van der Waals surface area contributed by atoms with Crippen LogP contribution in [-0.2, 0) is 6.54 Å². The second-order valence-corrected chi connectivity index (χ2v) is 5.08. The van der Waals surface area contributed by atoms with Crippen molar-refractivity contribution in [3.05, 3.63) is 11.9 Å². The van der Waals surface area contributed by atoms with Gasteiger partial charge in [-0.15, -0.1) is 16.7 Å². The Hall–Kier alpha value is -0.610. The maximum absolute atomic E-state index is 5.94. The van der Waals surface area contributed by atoms with Crippen molar-refractivity contribution in [1.29, 1.82) is 0 Å². The average Bonchev–Trinajstić information content (AvgIpc) is 2.76. The van der Waals surface area contributed by atoms with Gasteiger partial charge in [0, 0.05) is 12.7 Å². The zero-order chi connectivity index (χ0) is 11.4. The maximum atomic E-state index is 5.94. The third-order valence-corrected chi connectivity index (χ3v) is 3.28. The van der Waals surface area contributed by atoms with Crippen LogP contribution in [0, 0.1) is 0 Å². The largest absolute Gasteiger partial charge is 0.301 e. The van der Waals surface area contributed by atoms with E-state index in [9.17, 15) is 0 Å². The normalized spacial score (nSPS) is 19.9. The molecule has 1 aliphatic rings. The molecule has 1 unspecified atom stereocenters. The first-order valence-corrected chi connectivity index (χ1v) is 6.46. The minimum absolute atomic E-state index is 0.0521. The van der Waals surface area contributed by atoms with Crippen LogP contribution in [0.5, 0.6) is 0 Å². The Bertz CT molecular complexity index is 318. The van der Waals surface area contributed by atoms with Crippen LogP contribution in [0.25, 0.3) is 0 Å². The predicted molar refractivity (Wildman–Crippen MR) is 64.6 cm³/mol. The highest BCUT2D eigenvalue weighted by molar-refractivity contribution is 6.20. The SMILES string of the molecule is CC(Cl)c1cn(CCN2CCCCC2)nn1. The summed E-state index contributed by atoms with van der Waals surface area (Å²) in [5.41, 5.74) is 0.861. The fourth-order valence-corrected chi connectivity index (χ4v) is 2.13. The summed E-state index contributed by atoms with van der Waals surface area (Å²) in [6.45, 7) is 6.36. The molecule has 2 rings (SSSR count). The van der Waals surface area contributed by atoms with Crippen LogP contribution in [-0.4, -0.2) is 39.5 Å². The third kappa shape index (κ3) is 3.19. The summed E-state index contributed by atoms with van der Waals surface area (Å²) in [7, 11) is 0. The van der Waals surface area contributed by atoms with Gasteiger partial charge in [0.15, 0.2) is 0 Å². The molecule has 0 N–H and O–H groups in total. The fourth-order valence-electron chi connectivity index (χ4n) is 2.03. The molecule has 1 aromatic heterocycles. The number of piperidine rings is 1. The van der Waals surface area contributed by atoms with Crippen LogP contribution in [0.1, 0.15) is 37.3 Å². The fraction of sp³-hybridized carbons (Fsp3) is 0.818. The van der Waals surface area contributed by atoms with Gasteiger partial charge < -0.3 is 4.90 Å². The van der Waals surface area contributed by atoms with Crippen molar-refractivity contribution < 1.29 is 0 Å². The van der Waals surface area contributed by atoms with E-state index in [0.717, 1.165) is 18.8 Å². The molecule has 16 heavy (non-hydrogen) atoms. The highest BCUT2D eigenvalue weighted by atomic mass is 35.5. The topological polar surface area (TPSA) is 34.0 Å². The van der Waals surface area contributed by atoms with E-state index in [1.807, 2.05) is 17.8 Å². The molecular weight excluding hydrogens is 224 g/mol. The van der Waals surface area contributed by atoms with Gasteiger partial charge in [-0.1, -0.05) is 11.6 Å². The zero-order valence-electron chi connectivity index (χ0n) is 9.77. The summed E-state index contributed by atoms with van der Waals surface area (Å²) in [6.07, 6.45) is 6.00. The van der Waals surface area contributed by atoms with E-state index < -0.39 is 0 Å². The van der Waals surface area contributed by atoms with E-state index in [1.54, 1.807) is 0 Å². The van der Waals surface area contributed by atoms with Gasteiger partial charge in [-0.3, -0.25) is 4.68 Å². The quantitative estimate of drug-likeness (QED) is 0.758. The van der Waals surface area contributed by atoms with Gasteiger partial charge in [-0.25, -0.2) is 0 Å². The smallest absolute Gasteiger partial charge is 0.100 e. The van der Waals surface area contributed by atoms with Crippen LogP contribution in [0.2, 0.25) is 0 Å². The summed E-state index contributed by atoms with van der Waals surface area (Å²) in [5.74, 6) is 0. The second kappa shape index (κ2) is 5.64. The minimum atomic E-state index is -0.0521. The molecule has 0 aromatic carbocycles. The van der Waals surface area contributed by atoms with Crippen LogP contribution in [0.15, 0.2) is 6.20 Å². The lowest BCUT2D eigenvalue weighted by atomic mass is 10.1. The van der Waals surface area contributed by atoms with Gasteiger partial charge in [-0.2, -0.15) is 0 Å². The molecule has 2 heterocycles. The molecule has 1 aromatic rings. The molecular formula is C11H19ClN4. The lowest BCUT2D eigenvalue weighted by molar-refractivity contribution is 0.217. The molecule has 0 saturated carbocycles. The highest BCUT2D eigenvalue weighted by Gasteiger charge is 2.11. The minimum Gasteiger partial charge on any atom is -0.301 e. The number of alkyl halides is 1. The van der Waals surface area contributed by atoms with E-state index in [1.165, 1.54) is 32.4 Å². The second-order valence-electron chi connectivity index (χ2n) is 4.42. The monoisotopic (exact) mass is 242 g/mol. The number of nitrogens with zero attached hydrogens (tertiary/aromatic N) is 4. The Morgan fingerprint density at radius 2 is 2.06 bits per heavy atom. The van der Waals surface area contributed by atoms with Crippen molar-refractivity contribution in [2.24, 2.45) is 0 Å². The van der Waals surface area contributed by atoms with Gasteiger partial charge in [-0.05, 0) is 32.9 Å². The van der Waals surface area contributed by atoms with Gasteiger partial charge in [0.05, 0.1) is 11.9 Å². The molecule has 1 aliphatic heterocycles. The third-order valence-electron chi connectivity index (χ3n) is 3.06. The van der Waals surface area contributed by atoms with Gasteiger partial charge in [0.25, 0.3) is 0 Å². The standard InChI is InChI=1S/C11H19ClN4/c1-10(12)11-9-16(14-13-11)8-7-15-5-3-2-4-6-15/h9-10H,2-8H2,1H3. The average molecular weight is 243 g/mol. The van der Waals surface area contributed by atoms with Gasteiger partial charge in [0.2, 0.25) is 0 Å². The Morgan fingerprint density at radius 1 is 1.31 bits per heavy atom. The molecule has 1 fully saturated rings. The molecule has 0 bridgehead atoms. The lowest BCUT2D eigenvalue weighted by Gasteiger charge is -2.25. The molecule has 4 nitrogen and oxygen atoms in total. The molecule has 90 valence electrons. The van der Waals surface area contributed by atoms with Gasteiger partial charge >= 0.3 is 0 Å². The first kappa shape index (κ1) is 11.9. The van der Waals surface area contributed by atoms with Crippen LogP contribution in [0.4, 0.5) is 0 Å². The first-order valence-electron chi connectivity index (χ1n) is 6.02. The van der Waals surface area contributed by atoms with E-state index in [4.69, 9.17) is 11.6 Å². The molecule has 5 heteroatoms. The number of halogens is 1. The summed E-state index contributed by atoms with van der Waals surface area (Å²) in [4.78, 5) is 2.50. The molecule has 1 atom stereocenters. The van der Waals surface area contributed by atoms with Crippen molar-refractivity contribution in [1.82, 2.24) is 19.9 Å². The molecule has 0 amide bonds. The number of hydrogen-bond donors (Lipinski definition) is 0. The van der Waals surface area contributed by atoms with E-state index in [-0.39, 0.29) is 5.38 Å². The van der Waals surface area contributed by atoms with Crippen molar-refractivity contribution in [3.63, 3.8) is 0 Å². The number of likely N-dealkylation sites (tertiary alicyclic amines) is 1. The number of rotatable bonds is 4. The highest BCUT2D eigenvalue weighted by Crippen LogP contribution is 2.15. The molecule has 0 radical (unpaired) electrons. The van der Waals surface area contributed by atoms with E-state index in [2.05, 4.69) is 15.2 Å². The van der Waals surface area contributed by atoms with Crippen molar-refractivity contribution in [2.75, 3.05) is 19.6 Å². The lowest BCUT2D eigenvalue weighted by Crippen LogP contribution is -2.32. The van der Waals surface area contributed by atoms with Crippen molar-refractivity contribution in [2.45, 2.75) is 38.1 Å². The molecule has 1 saturated heterocycles. The van der Waals surface area contributed by atoms with E-state index >= 15 is 0 Å². The summed E-state index contributed by atoms with van der Waals surface area (Å²) in [6, 6.07) is 0. The predicted octanol–water partition coefficient (Wildman–Crippen LogP) is 2.06. The van der Waals surface area contributed by atoms with Crippen molar-refractivity contribution in [3.8, 4) is 0 Å². The number of aromatic nitrogens is 3. The number of hydrogen-bond acceptors (Lipinski definition) is 3.